The number of rotatable bonds is 10. The molecule has 210 valence electrons. The second kappa shape index (κ2) is 12.6. The van der Waals surface area contributed by atoms with Gasteiger partial charge in [-0.1, -0.05) is 31.5 Å². The Morgan fingerprint density at radius 3 is 2.58 bits per heavy atom. The number of amides is 2. The number of esters is 1. The number of thiophene rings is 1. The normalized spacial score (nSPS) is 12.8. The Bertz CT molecular complexity index is 1540. The number of methoxy groups -OCH3 is 1. The van der Waals surface area contributed by atoms with Crippen LogP contribution < -0.4 is 10.6 Å². The number of aliphatic hydroxyl groups is 1. The van der Waals surface area contributed by atoms with Crippen molar-refractivity contribution in [2.75, 3.05) is 13.7 Å². The number of hydrogen-bond donors (Lipinski definition) is 3. The predicted molar refractivity (Wildman–Crippen MR) is 150 cm³/mol. The second-order valence-electron chi connectivity index (χ2n) is 9.52. The molecular formula is C28H28ClFN4O5S. The summed E-state index contributed by atoms with van der Waals surface area (Å²) < 4.78 is 20.1. The summed E-state index contributed by atoms with van der Waals surface area (Å²) in [4.78, 5) is 44.3. The van der Waals surface area contributed by atoms with Crippen LogP contribution >= 0.6 is 22.9 Å². The maximum atomic E-state index is 13.7. The maximum Gasteiger partial charge on any atom is 0.333 e. The van der Waals surface area contributed by atoms with Crippen molar-refractivity contribution < 1.29 is 28.6 Å². The van der Waals surface area contributed by atoms with E-state index in [2.05, 4.69) is 15.6 Å². The summed E-state index contributed by atoms with van der Waals surface area (Å²) in [5.41, 5.74) is 1.72. The molecule has 2 atom stereocenters. The summed E-state index contributed by atoms with van der Waals surface area (Å²) in [5, 5.41) is 18.8. The summed E-state index contributed by atoms with van der Waals surface area (Å²) >= 11 is 7.33. The van der Waals surface area contributed by atoms with Gasteiger partial charge in [0.15, 0.2) is 11.7 Å². The van der Waals surface area contributed by atoms with E-state index in [1.54, 1.807) is 12.3 Å². The monoisotopic (exact) mass is 586 g/mol. The van der Waals surface area contributed by atoms with Gasteiger partial charge >= 0.3 is 5.97 Å². The first-order chi connectivity index (χ1) is 19.1. The largest absolute Gasteiger partial charge is 0.467 e. The van der Waals surface area contributed by atoms with Crippen molar-refractivity contribution in [1.82, 2.24) is 20.0 Å². The number of aromatic nitrogens is 2. The van der Waals surface area contributed by atoms with Crippen LogP contribution in [0, 0.1) is 11.7 Å². The van der Waals surface area contributed by atoms with Gasteiger partial charge < -0.3 is 20.5 Å². The number of carbonyl (C=O) groups excluding carboxylic acids is 3. The van der Waals surface area contributed by atoms with Gasteiger partial charge in [-0.05, 0) is 53.6 Å². The fourth-order valence-corrected chi connectivity index (χ4v) is 5.19. The molecule has 0 fully saturated rings. The van der Waals surface area contributed by atoms with E-state index in [1.165, 1.54) is 41.0 Å². The zero-order chi connectivity index (χ0) is 29.0. The minimum atomic E-state index is -1.29. The van der Waals surface area contributed by atoms with E-state index < -0.39 is 35.7 Å². The van der Waals surface area contributed by atoms with Gasteiger partial charge in [0.1, 0.15) is 17.2 Å². The molecule has 12 heteroatoms. The number of nitrogens with zero attached hydrogens (tertiary/aromatic N) is 2. The van der Waals surface area contributed by atoms with Gasteiger partial charge in [0, 0.05) is 17.1 Å². The average molecular weight is 587 g/mol. The first kappa shape index (κ1) is 29.2. The van der Waals surface area contributed by atoms with Crippen LogP contribution in [0.3, 0.4) is 0 Å². The summed E-state index contributed by atoms with van der Waals surface area (Å²) in [6, 6.07) is 6.80. The first-order valence-corrected chi connectivity index (χ1v) is 13.8. The maximum absolute atomic E-state index is 13.7. The fourth-order valence-electron chi connectivity index (χ4n) is 4.36. The molecule has 4 rings (SSSR count). The molecule has 40 heavy (non-hydrogen) atoms. The van der Waals surface area contributed by atoms with E-state index in [0.717, 1.165) is 6.07 Å². The summed E-state index contributed by atoms with van der Waals surface area (Å²) in [6.07, 6.45) is 2.18. The second-order valence-corrected chi connectivity index (χ2v) is 10.7. The number of benzene rings is 1. The van der Waals surface area contributed by atoms with Crippen LogP contribution in [0.25, 0.3) is 16.9 Å². The molecule has 0 spiro atoms. The van der Waals surface area contributed by atoms with Crippen molar-refractivity contribution in [1.29, 1.82) is 0 Å². The highest BCUT2D eigenvalue weighted by atomic mass is 35.5. The third-order valence-electron chi connectivity index (χ3n) is 6.21. The number of hydrogen-bond acceptors (Lipinski definition) is 7. The zero-order valence-corrected chi connectivity index (χ0v) is 23.6. The lowest BCUT2D eigenvalue weighted by Crippen LogP contribution is -2.39. The van der Waals surface area contributed by atoms with E-state index in [4.69, 9.17) is 16.3 Å². The van der Waals surface area contributed by atoms with Crippen molar-refractivity contribution in [2.24, 2.45) is 5.92 Å². The van der Waals surface area contributed by atoms with Crippen LogP contribution in [0.4, 0.5) is 4.39 Å². The Morgan fingerprint density at radius 2 is 1.95 bits per heavy atom. The molecule has 4 aromatic rings. The van der Waals surface area contributed by atoms with Gasteiger partial charge in [-0.15, -0.1) is 0 Å². The van der Waals surface area contributed by atoms with E-state index in [0.29, 0.717) is 17.7 Å². The highest BCUT2D eigenvalue weighted by Gasteiger charge is 2.29. The Balaban J connectivity index is 1.77. The fraction of sp³-hybridized carbons (Fsp3) is 0.286. The van der Waals surface area contributed by atoms with E-state index in [-0.39, 0.29) is 40.0 Å². The minimum absolute atomic E-state index is 0.0843. The van der Waals surface area contributed by atoms with Crippen LogP contribution in [0.1, 0.15) is 52.7 Å². The summed E-state index contributed by atoms with van der Waals surface area (Å²) in [5.74, 6) is -2.36. The third kappa shape index (κ3) is 6.16. The highest BCUT2D eigenvalue weighted by molar-refractivity contribution is 7.08. The average Bonchev–Trinajstić information content (AvgIpc) is 3.60. The zero-order valence-electron chi connectivity index (χ0n) is 22.0. The van der Waals surface area contributed by atoms with E-state index in [9.17, 15) is 23.9 Å². The Labute approximate surface area is 238 Å². The quantitative estimate of drug-likeness (QED) is 0.233. The molecular weight excluding hydrogens is 559 g/mol. The molecule has 9 nitrogen and oxygen atoms in total. The third-order valence-corrected chi connectivity index (χ3v) is 7.18. The number of ether oxygens (including phenoxy) is 1. The molecule has 3 aromatic heterocycles. The molecule has 0 saturated carbocycles. The van der Waals surface area contributed by atoms with Crippen LogP contribution in [-0.4, -0.2) is 52.0 Å². The van der Waals surface area contributed by atoms with E-state index in [1.807, 2.05) is 30.7 Å². The van der Waals surface area contributed by atoms with Crippen LogP contribution in [0.2, 0.25) is 5.02 Å². The standard InChI is InChI=1S/C28H28ClFN4O5S/c1-15(2)11-18(13-35)31-27(37)24-22(17-8-10-40-14-17)32-25-19(5-4-9-34(24)25)26(36)33-23(28(38)39-3)16-6-7-21(30)20(29)12-16/h4-10,12,14-15,18,23,35H,11,13H2,1-3H3,(H,31,37)(H,33,36)/t18-,23?/m0/s1. The first-order valence-electron chi connectivity index (χ1n) is 12.4. The molecule has 1 unspecified atom stereocenters. The molecule has 0 radical (unpaired) electrons. The highest BCUT2D eigenvalue weighted by Crippen LogP contribution is 2.29. The molecule has 0 aliphatic rings. The Kier molecular flexibility index (Phi) is 9.18. The van der Waals surface area contributed by atoms with Crippen LogP contribution in [-0.2, 0) is 9.53 Å². The van der Waals surface area contributed by atoms with Gasteiger partial charge in [-0.25, -0.2) is 14.2 Å². The van der Waals surface area contributed by atoms with Gasteiger partial charge in [0.2, 0.25) is 0 Å². The summed E-state index contributed by atoms with van der Waals surface area (Å²) in [6.45, 7) is 3.75. The molecule has 3 heterocycles. The molecule has 0 saturated heterocycles. The number of imidazole rings is 1. The lowest BCUT2D eigenvalue weighted by molar-refractivity contribution is -0.143. The Morgan fingerprint density at radius 1 is 1.18 bits per heavy atom. The van der Waals surface area contributed by atoms with Gasteiger partial charge in [-0.3, -0.25) is 14.0 Å². The molecule has 0 bridgehead atoms. The van der Waals surface area contributed by atoms with Crippen molar-refractivity contribution in [3.8, 4) is 11.3 Å². The summed E-state index contributed by atoms with van der Waals surface area (Å²) in [7, 11) is 1.17. The topological polar surface area (TPSA) is 122 Å². The molecule has 0 aliphatic heterocycles. The predicted octanol–water partition coefficient (Wildman–Crippen LogP) is 4.64. The number of halogens is 2. The number of pyridine rings is 1. The van der Waals surface area contributed by atoms with Crippen molar-refractivity contribution in [3.63, 3.8) is 0 Å². The Hall–Kier alpha value is -3.80. The molecule has 0 aliphatic carbocycles. The minimum Gasteiger partial charge on any atom is -0.467 e. The SMILES string of the molecule is COC(=O)C(NC(=O)c1cccn2c(C(=O)N[C@H](CO)CC(C)C)c(-c3ccsc3)nc12)c1ccc(F)c(Cl)c1. The number of carbonyl (C=O) groups is 3. The number of fused-ring (bicyclic) bond motifs is 1. The van der Waals surface area contributed by atoms with Crippen molar-refractivity contribution in [3.05, 3.63) is 81.0 Å². The lowest BCUT2D eigenvalue weighted by atomic mass is 10.0. The number of aliphatic hydroxyl groups excluding tert-OH is 1. The van der Waals surface area contributed by atoms with Gasteiger partial charge in [0.05, 0.1) is 30.3 Å². The van der Waals surface area contributed by atoms with E-state index >= 15 is 0 Å². The van der Waals surface area contributed by atoms with Crippen LogP contribution in [0.5, 0.6) is 0 Å². The van der Waals surface area contributed by atoms with Crippen molar-refractivity contribution in [2.45, 2.75) is 32.4 Å². The lowest BCUT2D eigenvalue weighted by Gasteiger charge is -2.19. The molecule has 2 amide bonds. The molecule has 3 N–H and O–H groups in total. The number of nitrogens with one attached hydrogen (secondary N) is 2. The smallest absolute Gasteiger partial charge is 0.333 e. The van der Waals surface area contributed by atoms with Gasteiger partial charge in [-0.2, -0.15) is 11.3 Å². The van der Waals surface area contributed by atoms with Crippen LogP contribution in [0.15, 0.2) is 53.4 Å². The van der Waals surface area contributed by atoms with Crippen molar-refractivity contribution >= 4 is 46.4 Å². The van der Waals surface area contributed by atoms with Gasteiger partial charge in [0.25, 0.3) is 11.8 Å². The molecule has 1 aromatic carbocycles.